The number of hydrogen-bond donors (Lipinski definition) is 2. The highest BCUT2D eigenvalue weighted by molar-refractivity contribution is 5.79. The van der Waals surface area contributed by atoms with E-state index in [1.807, 2.05) is 0 Å². The van der Waals surface area contributed by atoms with E-state index >= 15 is 0 Å². The van der Waals surface area contributed by atoms with Crippen LogP contribution < -0.4 is 5.32 Å². The Kier molecular flexibility index (Phi) is 5.39. The van der Waals surface area contributed by atoms with Crippen LogP contribution in [0.5, 0.6) is 0 Å². The number of nitrogens with one attached hydrogen (secondary N) is 1. The predicted octanol–water partition coefficient (Wildman–Crippen LogP) is 2.88. The molecule has 3 nitrogen and oxygen atoms in total. The molecule has 0 aliphatic rings. The Bertz CT molecular complexity index is 689. The third-order valence-electron chi connectivity index (χ3n) is 3.46. The molecule has 0 aliphatic heterocycles. The first-order valence-corrected chi connectivity index (χ1v) is 7.04. The van der Waals surface area contributed by atoms with Gasteiger partial charge in [0.15, 0.2) is 11.6 Å². The lowest BCUT2D eigenvalue weighted by Gasteiger charge is -2.20. The average Bonchev–Trinajstić information content (AvgIpc) is 2.52. The normalized spacial score (nSPS) is 13.4. The number of halogens is 3. The minimum Gasteiger partial charge on any atom is -0.386 e. The molecule has 0 radical (unpaired) electrons. The van der Waals surface area contributed by atoms with Crippen molar-refractivity contribution in [2.24, 2.45) is 0 Å². The molecular weight excluding hydrogens is 307 g/mol. The van der Waals surface area contributed by atoms with E-state index in [0.29, 0.717) is 5.56 Å². The van der Waals surface area contributed by atoms with Gasteiger partial charge < -0.3 is 10.4 Å². The second kappa shape index (κ2) is 7.28. The van der Waals surface area contributed by atoms with Gasteiger partial charge in [0.1, 0.15) is 5.82 Å². The van der Waals surface area contributed by atoms with E-state index in [9.17, 15) is 23.1 Å². The summed E-state index contributed by atoms with van der Waals surface area (Å²) in [7, 11) is 0. The molecule has 0 spiro atoms. The summed E-state index contributed by atoms with van der Waals surface area (Å²) in [6.07, 6.45) is -1.39. The summed E-state index contributed by atoms with van der Waals surface area (Å²) in [5, 5.41) is 12.6. The Morgan fingerprint density at radius 2 is 1.78 bits per heavy atom. The summed E-state index contributed by atoms with van der Waals surface area (Å²) in [4.78, 5) is 11.9. The Morgan fingerprint density at radius 1 is 1.13 bits per heavy atom. The third kappa shape index (κ3) is 4.32. The molecule has 0 heterocycles. The fraction of sp³-hybridized carbons (Fsp3) is 0.235. The molecule has 23 heavy (non-hydrogen) atoms. The monoisotopic (exact) mass is 323 g/mol. The van der Waals surface area contributed by atoms with E-state index in [0.717, 1.165) is 6.07 Å². The van der Waals surface area contributed by atoms with Crippen LogP contribution in [0.3, 0.4) is 0 Å². The average molecular weight is 323 g/mol. The lowest BCUT2D eigenvalue weighted by Crippen LogP contribution is -2.38. The number of carbonyl (C=O) groups is 1. The number of hydrogen-bond acceptors (Lipinski definition) is 2. The molecular formula is C17H16F3NO2. The van der Waals surface area contributed by atoms with Crippen LogP contribution in [0, 0.1) is 17.5 Å². The van der Waals surface area contributed by atoms with Crippen molar-refractivity contribution in [3.8, 4) is 0 Å². The smallest absolute Gasteiger partial charge is 0.224 e. The molecule has 1 amide bonds. The lowest BCUT2D eigenvalue weighted by molar-refractivity contribution is -0.121. The maximum atomic E-state index is 13.5. The van der Waals surface area contributed by atoms with Crippen molar-refractivity contribution in [1.82, 2.24) is 5.32 Å². The lowest BCUT2D eigenvalue weighted by atomic mass is 10.0. The first-order chi connectivity index (χ1) is 10.9. The van der Waals surface area contributed by atoms with Crippen molar-refractivity contribution >= 4 is 5.91 Å². The molecule has 0 saturated heterocycles. The Hall–Kier alpha value is -2.34. The molecule has 2 aromatic carbocycles. The van der Waals surface area contributed by atoms with E-state index in [1.54, 1.807) is 6.92 Å². The highest BCUT2D eigenvalue weighted by Crippen LogP contribution is 2.17. The number of aliphatic hydroxyl groups excluding tert-OH is 1. The molecule has 2 aromatic rings. The molecule has 122 valence electrons. The maximum Gasteiger partial charge on any atom is 0.224 e. The van der Waals surface area contributed by atoms with Gasteiger partial charge in [-0.25, -0.2) is 13.2 Å². The zero-order chi connectivity index (χ0) is 17.0. The first kappa shape index (κ1) is 17.0. The van der Waals surface area contributed by atoms with Gasteiger partial charge in [-0.05, 0) is 30.7 Å². The minimum absolute atomic E-state index is 0.0639. The van der Waals surface area contributed by atoms with Gasteiger partial charge in [-0.1, -0.05) is 24.3 Å². The molecule has 0 saturated carbocycles. The topological polar surface area (TPSA) is 49.3 Å². The largest absolute Gasteiger partial charge is 0.386 e. The number of carbonyl (C=O) groups excluding carboxylic acids is 1. The highest BCUT2D eigenvalue weighted by Gasteiger charge is 2.19. The fourth-order valence-electron chi connectivity index (χ4n) is 2.19. The van der Waals surface area contributed by atoms with Crippen LogP contribution in [-0.4, -0.2) is 17.1 Å². The Labute approximate surface area is 131 Å². The number of aliphatic hydroxyl groups is 1. The summed E-state index contributed by atoms with van der Waals surface area (Å²) in [5.74, 6) is -3.06. The van der Waals surface area contributed by atoms with E-state index in [1.165, 1.54) is 36.4 Å². The summed E-state index contributed by atoms with van der Waals surface area (Å²) < 4.78 is 39.5. The van der Waals surface area contributed by atoms with Gasteiger partial charge in [-0.3, -0.25) is 4.79 Å². The van der Waals surface area contributed by atoms with Gasteiger partial charge in [-0.15, -0.1) is 0 Å². The molecule has 0 bridgehead atoms. The van der Waals surface area contributed by atoms with Crippen LogP contribution in [0.15, 0.2) is 42.5 Å². The second-order valence-electron chi connectivity index (χ2n) is 5.24. The molecule has 2 atom stereocenters. The third-order valence-corrected chi connectivity index (χ3v) is 3.46. The van der Waals surface area contributed by atoms with Crippen LogP contribution in [0.1, 0.15) is 24.2 Å². The summed E-state index contributed by atoms with van der Waals surface area (Å²) >= 11 is 0. The molecule has 2 unspecified atom stereocenters. The van der Waals surface area contributed by atoms with Crippen LogP contribution in [0.4, 0.5) is 13.2 Å². The van der Waals surface area contributed by atoms with Crippen molar-refractivity contribution in [2.75, 3.05) is 0 Å². The van der Waals surface area contributed by atoms with E-state index in [-0.39, 0.29) is 12.0 Å². The van der Waals surface area contributed by atoms with Gasteiger partial charge in [0.2, 0.25) is 5.91 Å². The molecule has 0 aromatic heterocycles. The summed E-state index contributed by atoms with van der Waals surface area (Å²) in [6.45, 7) is 1.56. The zero-order valence-corrected chi connectivity index (χ0v) is 12.4. The molecule has 6 heteroatoms. The van der Waals surface area contributed by atoms with Crippen molar-refractivity contribution in [1.29, 1.82) is 0 Å². The van der Waals surface area contributed by atoms with Crippen molar-refractivity contribution in [3.05, 3.63) is 71.0 Å². The van der Waals surface area contributed by atoms with Gasteiger partial charge in [0, 0.05) is 5.56 Å². The van der Waals surface area contributed by atoms with Crippen LogP contribution >= 0.6 is 0 Å². The van der Waals surface area contributed by atoms with Gasteiger partial charge in [0.25, 0.3) is 0 Å². The first-order valence-electron chi connectivity index (χ1n) is 7.04. The fourth-order valence-corrected chi connectivity index (χ4v) is 2.19. The quantitative estimate of drug-likeness (QED) is 0.889. The van der Waals surface area contributed by atoms with Crippen LogP contribution in [-0.2, 0) is 11.2 Å². The molecule has 0 aliphatic carbocycles. The van der Waals surface area contributed by atoms with Gasteiger partial charge in [-0.2, -0.15) is 0 Å². The molecule has 2 N–H and O–H groups in total. The molecule has 2 rings (SSSR count). The predicted molar refractivity (Wildman–Crippen MR) is 79.0 cm³/mol. The maximum absolute atomic E-state index is 13.5. The van der Waals surface area contributed by atoms with Crippen molar-refractivity contribution in [3.63, 3.8) is 0 Å². The standard InChI is InChI=1S/C17H16F3NO2/c1-10(17(23)11-5-7-13(18)8-6-11)21-15(22)9-12-3-2-4-14(19)16(12)20/h2-8,10,17,23H,9H2,1H3,(H,21,22). The number of amides is 1. The van der Waals surface area contributed by atoms with Gasteiger partial charge in [0.05, 0.1) is 18.6 Å². The van der Waals surface area contributed by atoms with Crippen LogP contribution in [0.25, 0.3) is 0 Å². The molecule has 0 fully saturated rings. The summed E-state index contributed by atoms with van der Waals surface area (Å²) in [5.41, 5.74) is 0.377. The summed E-state index contributed by atoms with van der Waals surface area (Å²) in [6, 6.07) is 8.16. The van der Waals surface area contributed by atoms with E-state index < -0.39 is 35.5 Å². The SMILES string of the molecule is CC(NC(=O)Cc1cccc(F)c1F)C(O)c1ccc(F)cc1. The van der Waals surface area contributed by atoms with E-state index in [2.05, 4.69) is 5.32 Å². The van der Waals surface area contributed by atoms with Crippen LogP contribution in [0.2, 0.25) is 0 Å². The number of rotatable bonds is 5. The van der Waals surface area contributed by atoms with Crippen molar-refractivity contribution < 1.29 is 23.1 Å². The number of benzene rings is 2. The van der Waals surface area contributed by atoms with Gasteiger partial charge >= 0.3 is 0 Å². The van der Waals surface area contributed by atoms with Crippen molar-refractivity contribution in [2.45, 2.75) is 25.5 Å². The Balaban J connectivity index is 1.99. The highest BCUT2D eigenvalue weighted by atomic mass is 19.2. The zero-order valence-electron chi connectivity index (χ0n) is 12.4. The minimum atomic E-state index is -1.06. The van der Waals surface area contributed by atoms with E-state index in [4.69, 9.17) is 0 Å². The Morgan fingerprint density at radius 3 is 2.43 bits per heavy atom. The second-order valence-corrected chi connectivity index (χ2v) is 5.24.